The van der Waals surface area contributed by atoms with Crippen LogP contribution in [0.2, 0.25) is 0 Å². The molecule has 0 aromatic carbocycles. The Morgan fingerprint density at radius 2 is 2.04 bits per heavy atom. The molecular weight excluding hydrogens is 284 g/mol. The minimum atomic E-state index is -0.130. The Balaban J connectivity index is 1.63. The predicted molar refractivity (Wildman–Crippen MR) is 92.9 cm³/mol. The third-order valence-electron chi connectivity index (χ3n) is 7.70. The summed E-state index contributed by atoms with van der Waals surface area (Å²) < 4.78 is 0. The lowest BCUT2D eigenvalue weighted by atomic mass is 9.52. The highest BCUT2D eigenvalue weighted by atomic mass is 16.3. The highest BCUT2D eigenvalue weighted by Crippen LogP contribution is 2.63. The number of allylic oxidation sites excluding steroid dienone is 4. The maximum Gasteiger partial charge on any atom is 0.0599 e. The van der Waals surface area contributed by atoms with Gasteiger partial charge in [-0.3, -0.25) is 0 Å². The molecular formula is C21H32O2. The van der Waals surface area contributed by atoms with E-state index >= 15 is 0 Å². The van der Waals surface area contributed by atoms with Crippen LogP contribution in [0.15, 0.2) is 23.3 Å². The summed E-state index contributed by atoms with van der Waals surface area (Å²) >= 11 is 0. The number of rotatable bonds is 3. The van der Waals surface area contributed by atoms with Crippen molar-refractivity contribution in [1.29, 1.82) is 0 Å². The fourth-order valence-electron chi connectivity index (χ4n) is 6.69. The largest absolute Gasteiger partial charge is 0.396 e. The second kappa shape index (κ2) is 6.04. The molecule has 3 fully saturated rings. The standard InChI is InChI=1S/C21H32O2/c1-21-11-10-17-16-7-3-2-5-14(16)8-9-18(17)20(21)15(6-4-12-22)13-19(21)23/h5,7,15,17-20,22-23H,2-4,6,8-13H2,1H3. The minimum Gasteiger partial charge on any atom is -0.396 e. The number of aliphatic hydroxyl groups excluding tert-OH is 2. The maximum absolute atomic E-state index is 10.8. The Bertz CT molecular complexity index is 520. The highest BCUT2D eigenvalue weighted by molar-refractivity contribution is 5.39. The van der Waals surface area contributed by atoms with Crippen LogP contribution in [-0.2, 0) is 0 Å². The molecule has 3 saturated carbocycles. The summed E-state index contributed by atoms with van der Waals surface area (Å²) in [6.45, 7) is 2.65. The molecule has 0 saturated heterocycles. The third-order valence-corrected chi connectivity index (χ3v) is 7.70. The Labute approximate surface area is 140 Å². The van der Waals surface area contributed by atoms with Crippen LogP contribution in [-0.4, -0.2) is 22.9 Å². The van der Waals surface area contributed by atoms with Gasteiger partial charge in [-0.25, -0.2) is 0 Å². The molecule has 23 heavy (non-hydrogen) atoms. The van der Waals surface area contributed by atoms with Gasteiger partial charge in [-0.2, -0.15) is 0 Å². The molecule has 0 aliphatic heterocycles. The molecule has 0 aromatic rings. The molecule has 6 unspecified atom stereocenters. The van der Waals surface area contributed by atoms with Gasteiger partial charge in [-0.1, -0.05) is 19.1 Å². The van der Waals surface area contributed by atoms with Crippen LogP contribution in [0.4, 0.5) is 0 Å². The predicted octanol–water partition coefficient (Wildman–Crippen LogP) is 4.23. The maximum atomic E-state index is 10.8. The zero-order chi connectivity index (χ0) is 16.0. The van der Waals surface area contributed by atoms with E-state index in [2.05, 4.69) is 19.1 Å². The quantitative estimate of drug-likeness (QED) is 0.818. The lowest BCUT2D eigenvalue weighted by Gasteiger charge is -2.52. The van der Waals surface area contributed by atoms with Crippen LogP contribution in [0.1, 0.15) is 64.7 Å². The van der Waals surface area contributed by atoms with Crippen molar-refractivity contribution < 1.29 is 10.2 Å². The monoisotopic (exact) mass is 316 g/mol. The highest BCUT2D eigenvalue weighted by Gasteiger charge is 2.58. The third kappa shape index (κ3) is 2.44. The first-order valence-electron chi connectivity index (χ1n) is 9.83. The van der Waals surface area contributed by atoms with E-state index in [1.54, 1.807) is 11.1 Å². The van der Waals surface area contributed by atoms with E-state index in [0.717, 1.165) is 31.1 Å². The molecule has 2 N–H and O–H groups in total. The molecule has 2 nitrogen and oxygen atoms in total. The fraction of sp³-hybridized carbons (Fsp3) is 0.810. The van der Waals surface area contributed by atoms with E-state index in [4.69, 9.17) is 0 Å². The molecule has 0 radical (unpaired) electrons. The molecule has 0 bridgehead atoms. The van der Waals surface area contributed by atoms with Crippen molar-refractivity contribution in [2.24, 2.45) is 29.1 Å². The first-order valence-corrected chi connectivity index (χ1v) is 9.83. The lowest BCUT2D eigenvalue weighted by molar-refractivity contribution is -0.0393. The second-order valence-electron chi connectivity index (χ2n) is 8.72. The number of hydrogen-bond donors (Lipinski definition) is 2. The Morgan fingerprint density at radius 3 is 2.87 bits per heavy atom. The van der Waals surface area contributed by atoms with Gasteiger partial charge >= 0.3 is 0 Å². The zero-order valence-electron chi connectivity index (χ0n) is 14.5. The van der Waals surface area contributed by atoms with Crippen molar-refractivity contribution in [1.82, 2.24) is 0 Å². The average molecular weight is 316 g/mol. The van der Waals surface area contributed by atoms with Crippen LogP contribution < -0.4 is 0 Å². The Hall–Kier alpha value is -0.600. The van der Waals surface area contributed by atoms with E-state index in [0.29, 0.717) is 18.4 Å². The lowest BCUT2D eigenvalue weighted by Crippen LogP contribution is -2.46. The molecule has 0 heterocycles. The van der Waals surface area contributed by atoms with Crippen molar-refractivity contribution in [3.05, 3.63) is 23.3 Å². The molecule has 4 aliphatic rings. The summed E-state index contributed by atoms with van der Waals surface area (Å²) in [5, 5.41) is 20.0. The van der Waals surface area contributed by atoms with Crippen LogP contribution in [0.25, 0.3) is 0 Å². The van der Waals surface area contributed by atoms with Gasteiger partial charge in [0.25, 0.3) is 0 Å². The van der Waals surface area contributed by atoms with Gasteiger partial charge in [0, 0.05) is 6.61 Å². The van der Waals surface area contributed by atoms with E-state index in [1.165, 1.54) is 38.5 Å². The molecule has 0 aromatic heterocycles. The molecule has 4 aliphatic carbocycles. The van der Waals surface area contributed by atoms with Crippen LogP contribution in [0.3, 0.4) is 0 Å². The van der Waals surface area contributed by atoms with Gasteiger partial charge in [-0.05, 0) is 98.0 Å². The van der Waals surface area contributed by atoms with Gasteiger partial charge in [0.1, 0.15) is 0 Å². The average Bonchev–Trinajstić information content (AvgIpc) is 2.83. The van der Waals surface area contributed by atoms with Crippen molar-refractivity contribution in [2.45, 2.75) is 70.8 Å². The second-order valence-corrected chi connectivity index (χ2v) is 8.72. The van der Waals surface area contributed by atoms with Gasteiger partial charge in [0.05, 0.1) is 6.10 Å². The molecule has 4 rings (SSSR count). The van der Waals surface area contributed by atoms with Crippen molar-refractivity contribution in [3.8, 4) is 0 Å². The summed E-state index contributed by atoms with van der Waals surface area (Å²) in [6.07, 6.45) is 15.3. The van der Waals surface area contributed by atoms with Crippen molar-refractivity contribution >= 4 is 0 Å². The Kier molecular flexibility index (Phi) is 4.18. The van der Waals surface area contributed by atoms with Gasteiger partial charge in [0.15, 0.2) is 0 Å². The topological polar surface area (TPSA) is 40.5 Å². The van der Waals surface area contributed by atoms with Gasteiger partial charge in [-0.15, -0.1) is 0 Å². The SMILES string of the molecule is CC12CCC3C4=CCCC=C4CCC3C1C(CCCO)CC2O. The summed E-state index contributed by atoms with van der Waals surface area (Å²) in [6, 6.07) is 0. The fourth-order valence-corrected chi connectivity index (χ4v) is 6.69. The number of fused-ring (bicyclic) bond motifs is 5. The van der Waals surface area contributed by atoms with Crippen LogP contribution in [0.5, 0.6) is 0 Å². The first kappa shape index (κ1) is 15.9. The zero-order valence-corrected chi connectivity index (χ0v) is 14.5. The van der Waals surface area contributed by atoms with E-state index < -0.39 is 0 Å². The van der Waals surface area contributed by atoms with Gasteiger partial charge < -0.3 is 10.2 Å². The summed E-state index contributed by atoms with van der Waals surface area (Å²) in [5.41, 5.74) is 3.45. The molecule has 6 atom stereocenters. The van der Waals surface area contributed by atoms with Gasteiger partial charge in [0.2, 0.25) is 0 Å². The smallest absolute Gasteiger partial charge is 0.0599 e. The molecule has 0 spiro atoms. The summed E-state index contributed by atoms with van der Waals surface area (Å²) in [7, 11) is 0. The normalized spacial score (nSPS) is 45.6. The van der Waals surface area contributed by atoms with Crippen molar-refractivity contribution in [2.75, 3.05) is 6.61 Å². The Morgan fingerprint density at radius 1 is 1.22 bits per heavy atom. The first-order chi connectivity index (χ1) is 11.1. The van der Waals surface area contributed by atoms with E-state index in [9.17, 15) is 10.2 Å². The van der Waals surface area contributed by atoms with Crippen LogP contribution in [0, 0.1) is 29.1 Å². The van der Waals surface area contributed by atoms with E-state index in [1.807, 2.05) is 0 Å². The number of aliphatic hydroxyl groups is 2. The van der Waals surface area contributed by atoms with Crippen LogP contribution >= 0.6 is 0 Å². The summed E-state index contributed by atoms with van der Waals surface area (Å²) in [5.74, 6) is 2.78. The van der Waals surface area contributed by atoms with Crippen molar-refractivity contribution in [3.63, 3.8) is 0 Å². The van der Waals surface area contributed by atoms with E-state index in [-0.39, 0.29) is 11.5 Å². The summed E-state index contributed by atoms with van der Waals surface area (Å²) in [4.78, 5) is 0. The molecule has 128 valence electrons. The minimum absolute atomic E-state index is 0.123. The molecule has 0 amide bonds. The number of hydrogen-bond acceptors (Lipinski definition) is 2. The molecule has 2 heteroatoms.